The molecule has 0 spiro atoms. The Morgan fingerprint density at radius 2 is 1.88 bits per heavy atom. The van der Waals surface area contributed by atoms with Gasteiger partial charge in [0.1, 0.15) is 5.82 Å². The van der Waals surface area contributed by atoms with E-state index in [1.165, 1.54) is 19.3 Å². The quantitative estimate of drug-likeness (QED) is 0.690. The lowest BCUT2D eigenvalue weighted by molar-refractivity contribution is 0.431. The molecule has 0 aromatic carbocycles. The molecule has 0 amide bonds. The number of rotatable bonds is 1. The van der Waals surface area contributed by atoms with E-state index in [0.717, 1.165) is 18.7 Å². The molecule has 90 valence electrons. The van der Waals surface area contributed by atoms with E-state index in [1.807, 2.05) is 0 Å². The molecule has 0 aliphatic heterocycles. The van der Waals surface area contributed by atoms with E-state index < -0.39 is 0 Å². The van der Waals surface area contributed by atoms with Crippen molar-refractivity contribution in [2.45, 2.75) is 38.0 Å². The van der Waals surface area contributed by atoms with Crippen molar-refractivity contribution in [3.05, 3.63) is 16.2 Å². The molecule has 2 aromatic rings. The first kappa shape index (κ1) is 10.3. The van der Waals surface area contributed by atoms with Crippen LogP contribution in [0.15, 0.2) is 4.79 Å². The second-order valence-electron chi connectivity index (χ2n) is 4.61. The summed E-state index contributed by atoms with van der Waals surface area (Å²) in [5, 5.41) is 0. The van der Waals surface area contributed by atoms with Crippen LogP contribution in [0.4, 0.5) is 5.95 Å². The van der Waals surface area contributed by atoms with E-state index >= 15 is 0 Å². The molecule has 0 atom stereocenters. The standard InChI is InChI=1S/C11H15N5O/c12-11-15-9-7(10(17)16-11)13-8(14-9)6-4-2-1-3-5-6/h6H,1-5H2,(H4,12,13,14,15,16,17). The number of nitrogen functional groups attached to an aromatic ring is 1. The molecule has 1 fully saturated rings. The molecule has 6 heteroatoms. The Morgan fingerprint density at radius 3 is 2.65 bits per heavy atom. The van der Waals surface area contributed by atoms with E-state index in [1.54, 1.807) is 0 Å². The van der Waals surface area contributed by atoms with Gasteiger partial charge in [-0.3, -0.25) is 9.78 Å². The van der Waals surface area contributed by atoms with Crippen molar-refractivity contribution in [1.29, 1.82) is 0 Å². The Kier molecular flexibility index (Phi) is 2.35. The average Bonchev–Trinajstić information content (AvgIpc) is 2.74. The summed E-state index contributed by atoms with van der Waals surface area (Å²) >= 11 is 0. The first-order valence-corrected chi connectivity index (χ1v) is 5.99. The zero-order valence-electron chi connectivity index (χ0n) is 9.49. The third kappa shape index (κ3) is 1.79. The number of aromatic nitrogens is 4. The molecule has 2 aromatic heterocycles. The topological polar surface area (TPSA) is 100 Å². The molecule has 6 nitrogen and oxygen atoms in total. The Balaban J connectivity index is 2.06. The maximum atomic E-state index is 11.6. The summed E-state index contributed by atoms with van der Waals surface area (Å²) in [6.07, 6.45) is 6.02. The molecular weight excluding hydrogens is 218 g/mol. The van der Waals surface area contributed by atoms with Gasteiger partial charge in [-0.1, -0.05) is 19.3 Å². The van der Waals surface area contributed by atoms with Crippen LogP contribution in [-0.4, -0.2) is 19.9 Å². The monoisotopic (exact) mass is 233 g/mol. The second-order valence-corrected chi connectivity index (χ2v) is 4.61. The van der Waals surface area contributed by atoms with Gasteiger partial charge in [0.25, 0.3) is 5.56 Å². The maximum absolute atomic E-state index is 11.6. The third-order valence-corrected chi connectivity index (χ3v) is 3.39. The van der Waals surface area contributed by atoms with Crippen molar-refractivity contribution in [3.63, 3.8) is 0 Å². The normalized spacial score (nSPS) is 17.6. The highest BCUT2D eigenvalue weighted by molar-refractivity contribution is 5.70. The number of H-pyrrole nitrogens is 2. The first-order chi connectivity index (χ1) is 8.24. The molecule has 1 aliphatic rings. The van der Waals surface area contributed by atoms with Crippen molar-refractivity contribution in [2.24, 2.45) is 0 Å². The van der Waals surface area contributed by atoms with Crippen molar-refractivity contribution in [1.82, 2.24) is 19.9 Å². The van der Waals surface area contributed by atoms with Crippen LogP contribution in [0.1, 0.15) is 43.8 Å². The molecule has 1 saturated carbocycles. The number of nitrogens with one attached hydrogen (secondary N) is 2. The van der Waals surface area contributed by atoms with Crippen LogP contribution in [0, 0.1) is 0 Å². The molecule has 0 bridgehead atoms. The fourth-order valence-electron chi connectivity index (χ4n) is 2.51. The third-order valence-electron chi connectivity index (χ3n) is 3.39. The summed E-state index contributed by atoms with van der Waals surface area (Å²) in [6, 6.07) is 0. The number of anilines is 1. The number of imidazole rings is 1. The van der Waals surface area contributed by atoms with Crippen molar-refractivity contribution < 1.29 is 0 Å². The number of nitrogens with zero attached hydrogens (tertiary/aromatic N) is 2. The van der Waals surface area contributed by atoms with Crippen LogP contribution in [0.25, 0.3) is 11.2 Å². The summed E-state index contributed by atoms with van der Waals surface area (Å²) in [5.41, 5.74) is 6.10. The summed E-state index contributed by atoms with van der Waals surface area (Å²) in [7, 11) is 0. The maximum Gasteiger partial charge on any atom is 0.278 e. The van der Waals surface area contributed by atoms with E-state index in [0.29, 0.717) is 17.1 Å². The average molecular weight is 233 g/mol. The van der Waals surface area contributed by atoms with Crippen molar-refractivity contribution in [3.8, 4) is 0 Å². The van der Waals surface area contributed by atoms with Gasteiger partial charge in [-0.25, -0.2) is 4.98 Å². The Labute approximate surface area is 97.7 Å². The van der Waals surface area contributed by atoms with Gasteiger partial charge in [-0.2, -0.15) is 4.98 Å². The molecule has 2 heterocycles. The smallest absolute Gasteiger partial charge is 0.278 e. The van der Waals surface area contributed by atoms with Crippen molar-refractivity contribution >= 4 is 17.1 Å². The summed E-state index contributed by atoms with van der Waals surface area (Å²) < 4.78 is 0. The number of fused-ring (bicyclic) bond motifs is 1. The predicted molar refractivity (Wildman–Crippen MR) is 64.7 cm³/mol. The molecule has 1 aliphatic carbocycles. The van der Waals surface area contributed by atoms with Gasteiger partial charge in [-0.15, -0.1) is 0 Å². The zero-order valence-corrected chi connectivity index (χ0v) is 9.49. The highest BCUT2D eigenvalue weighted by atomic mass is 16.1. The van der Waals surface area contributed by atoms with Gasteiger partial charge in [0.05, 0.1) is 0 Å². The van der Waals surface area contributed by atoms with E-state index in [4.69, 9.17) is 5.73 Å². The van der Waals surface area contributed by atoms with E-state index in [-0.39, 0.29) is 11.5 Å². The van der Waals surface area contributed by atoms with Crippen LogP contribution < -0.4 is 11.3 Å². The SMILES string of the molecule is Nc1nc2nc(C3CCCCC3)[nH]c2c(=O)[nH]1. The molecule has 0 unspecified atom stereocenters. The van der Waals surface area contributed by atoms with Crippen LogP contribution >= 0.6 is 0 Å². The molecule has 17 heavy (non-hydrogen) atoms. The number of hydrogen-bond donors (Lipinski definition) is 3. The minimum Gasteiger partial charge on any atom is -0.369 e. The Bertz CT molecular complexity index is 593. The van der Waals surface area contributed by atoms with Gasteiger partial charge in [0, 0.05) is 5.92 Å². The Hall–Kier alpha value is -1.85. The van der Waals surface area contributed by atoms with Crippen LogP contribution in [0.2, 0.25) is 0 Å². The lowest BCUT2D eigenvalue weighted by atomic mass is 9.89. The highest BCUT2D eigenvalue weighted by Gasteiger charge is 2.20. The first-order valence-electron chi connectivity index (χ1n) is 5.99. The minimum absolute atomic E-state index is 0.115. The van der Waals surface area contributed by atoms with E-state index in [2.05, 4.69) is 19.9 Å². The molecule has 0 radical (unpaired) electrons. The van der Waals surface area contributed by atoms with Crippen LogP contribution in [0.5, 0.6) is 0 Å². The molecule has 0 saturated heterocycles. The summed E-state index contributed by atoms with van der Waals surface area (Å²) in [5.74, 6) is 1.42. The van der Waals surface area contributed by atoms with Crippen molar-refractivity contribution in [2.75, 3.05) is 5.73 Å². The number of nitrogens with two attached hydrogens (primary N) is 1. The minimum atomic E-state index is -0.248. The van der Waals surface area contributed by atoms with Crippen LogP contribution in [0.3, 0.4) is 0 Å². The molecular formula is C11H15N5O. The number of hydrogen-bond acceptors (Lipinski definition) is 4. The lowest BCUT2D eigenvalue weighted by Gasteiger charge is -2.18. The molecule has 4 N–H and O–H groups in total. The Morgan fingerprint density at radius 1 is 1.12 bits per heavy atom. The molecule has 3 rings (SSSR count). The lowest BCUT2D eigenvalue weighted by Crippen LogP contribution is -2.11. The van der Waals surface area contributed by atoms with Crippen LogP contribution in [-0.2, 0) is 0 Å². The van der Waals surface area contributed by atoms with Gasteiger partial charge in [-0.05, 0) is 12.8 Å². The summed E-state index contributed by atoms with van der Waals surface area (Å²) in [6.45, 7) is 0. The second kappa shape index (κ2) is 3.87. The van der Waals surface area contributed by atoms with Gasteiger partial charge < -0.3 is 10.7 Å². The largest absolute Gasteiger partial charge is 0.369 e. The van der Waals surface area contributed by atoms with E-state index in [9.17, 15) is 4.79 Å². The highest BCUT2D eigenvalue weighted by Crippen LogP contribution is 2.31. The van der Waals surface area contributed by atoms with Gasteiger partial charge >= 0.3 is 0 Å². The fourth-order valence-corrected chi connectivity index (χ4v) is 2.51. The fraction of sp³-hybridized carbons (Fsp3) is 0.545. The number of aromatic amines is 2. The zero-order chi connectivity index (χ0) is 11.8. The predicted octanol–water partition coefficient (Wildman–Crippen LogP) is 1.28. The van der Waals surface area contributed by atoms with Gasteiger partial charge in [0.15, 0.2) is 11.2 Å². The summed E-state index contributed by atoms with van der Waals surface area (Å²) in [4.78, 5) is 25.6. The van der Waals surface area contributed by atoms with Gasteiger partial charge in [0.2, 0.25) is 5.95 Å².